The Hall–Kier alpha value is -1.13. The molecule has 4 heteroatoms. The van der Waals surface area contributed by atoms with Crippen molar-refractivity contribution in [3.8, 4) is 0 Å². The molecule has 1 aliphatic heterocycles. The van der Waals surface area contributed by atoms with Gasteiger partial charge in [0.1, 0.15) is 5.82 Å². The monoisotopic (exact) mass is 291 g/mol. The van der Waals surface area contributed by atoms with Gasteiger partial charge in [-0.05, 0) is 49.4 Å². The van der Waals surface area contributed by atoms with Gasteiger partial charge in [0.05, 0.1) is 0 Å². The Labute approximate surface area is 128 Å². The SMILES string of the molecule is Cc1cc(CNCC(C)C)cnc1N(C)C1CCOCC1. The van der Waals surface area contributed by atoms with E-state index in [-0.39, 0.29) is 0 Å². The largest absolute Gasteiger partial charge is 0.381 e. The van der Waals surface area contributed by atoms with Crippen LogP contribution in [-0.4, -0.2) is 37.8 Å². The summed E-state index contributed by atoms with van der Waals surface area (Å²) in [4.78, 5) is 7.02. The number of hydrogen-bond donors (Lipinski definition) is 1. The third-order valence-corrected chi connectivity index (χ3v) is 4.06. The number of nitrogens with zero attached hydrogens (tertiary/aromatic N) is 2. The zero-order valence-electron chi connectivity index (χ0n) is 13.9. The van der Waals surface area contributed by atoms with Gasteiger partial charge in [0.25, 0.3) is 0 Å². The van der Waals surface area contributed by atoms with Crippen LogP contribution in [0.15, 0.2) is 12.3 Å². The lowest BCUT2D eigenvalue weighted by molar-refractivity contribution is 0.0853. The summed E-state index contributed by atoms with van der Waals surface area (Å²) < 4.78 is 5.44. The van der Waals surface area contributed by atoms with E-state index in [0.29, 0.717) is 12.0 Å². The highest BCUT2D eigenvalue weighted by molar-refractivity contribution is 5.47. The van der Waals surface area contributed by atoms with Crippen LogP contribution in [0.25, 0.3) is 0 Å². The molecule has 2 rings (SSSR count). The van der Waals surface area contributed by atoms with Crippen LogP contribution in [0.2, 0.25) is 0 Å². The molecule has 1 aromatic heterocycles. The average molecular weight is 291 g/mol. The fraction of sp³-hybridized carbons (Fsp3) is 0.706. The van der Waals surface area contributed by atoms with Crippen LogP contribution in [0.5, 0.6) is 0 Å². The number of pyridine rings is 1. The fourth-order valence-electron chi connectivity index (χ4n) is 2.84. The first kappa shape index (κ1) is 16.2. The highest BCUT2D eigenvalue weighted by Crippen LogP contribution is 2.23. The predicted molar refractivity (Wildman–Crippen MR) is 87.8 cm³/mol. The first-order valence-corrected chi connectivity index (χ1v) is 8.04. The Bertz CT molecular complexity index is 442. The Morgan fingerprint density at radius 1 is 1.38 bits per heavy atom. The van der Waals surface area contributed by atoms with Gasteiger partial charge in [-0.1, -0.05) is 13.8 Å². The quantitative estimate of drug-likeness (QED) is 0.874. The summed E-state index contributed by atoms with van der Waals surface area (Å²) in [6, 6.07) is 2.81. The maximum atomic E-state index is 5.44. The van der Waals surface area contributed by atoms with E-state index in [2.05, 4.69) is 44.1 Å². The lowest BCUT2D eigenvalue weighted by atomic mass is 10.1. The molecule has 0 atom stereocenters. The molecule has 118 valence electrons. The number of anilines is 1. The average Bonchev–Trinajstić information content (AvgIpc) is 2.47. The minimum Gasteiger partial charge on any atom is -0.381 e. The topological polar surface area (TPSA) is 37.4 Å². The molecular formula is C17H29N3O. The Morgan fingerprint density at radius 3 is 2.71 bits per heavy atom. The zero-order chi connectivity index (χ0) is 15.2. The van der Waals surface area contributed by atoms with Crippen LogP contribution in [-0.2, 0) is 11.3 Å². The smallest absolute Gasteiger partial charge is 0.131 e. The molecule has 2 heterocycles. The molecule has 21 heavy (non-hydrogen) atoms. The van der Waals surface area contributed by atoms with Crippen LogP contribution >= 0.6 is 0 Å². The van der Waals surface area contributed by atoms with Crippen molar-refractivity contribution in [2.24, 2.45) is 5.92 Å². The van der Waals surface area contributed by atoms with Crippen molar-refractivity contribution < 1.29 is 4.74 Å². The zero-order valence-corrected chi connectivity index (χ0v) is 13.9. The molecule has 0 bridgehead atoms. The summed E-state index contributed by atoms with van der Waals surface area (Å²) in [5.74, 6) is 1.78. The minimum absolute atomic E-state index is 0.551. The maximum Gasteiger partial charge on any atom is 0.131 e. The maximum absolute atomic E-state index is 5.44. The van der Waals surface area contributed by atoms with Crippen LogP contribution < -0.4 is 10.2 Å². The third-order valence-electron chi connectivity index (χ3n) is 4.06. The van der Waals surface area contributed by atoms with Gasteiger partial charge in [0, 0.05) is 39.0 Å². The molecule has 4 nitrogen and oxygen atoms in total. The van der Waals surface area contributed by atoms with Crippen molar-refractivity contribution in [2.45, 2.75) is 46.2 Å². The van der Waals surface area contributed by atoms with Crippen molar-refractivity contribution in [2.75, 3.05) is 31.7 Å². The minimum atomic E-state index is 0.551. The predicted octanol–water partition coefficient (Wildman–Crippen LogP) is 2.75. The second kappa shape index (κ2) is 7.76. The van der Waals surface area contributed by atoms with Gasteiger partial charge in [-0.15, -0.1) is 0 Å². The van der Waals surface area contributed by atoms with Gasteiger partial charge in [0.2, 0.25) is 0 Å². The fourth-order valence-corrected chi connectivity index (χ4v) is 2.84. The molecular weight excluding hydrogens is 262 g/mol. The lowest BCUT2D eigenvalue weighted by Gasteiger charge is -2.33. The van der Waals surface area contributed by atoms with Crippen molar-refractivity contribution in [1.82, 2.24) is 10.3 Å². The molecule has 0 saturated carbocycles. The molecule has 1 aromatic rings. The Kier molecular flexibility index (Phi) is 6.00. The van der Waals surface area contributed by atoms with Crippen molar-refractivity contribution in [3.63, 3.8) is 0 Å². The normalized spacial score (nSPS) is 16.4. The van der Waals surface area contributed by atoms with E-state index in [0.717, 1.165) is 45.0 Å². The molecule has 1 aliphatic rings. The Balaban J connectivity index is 1.97. The number of ether oxygens (including phenoxy) is 1. The summed E-state index contributed by atoms with van der Waals surface area (Å²) in [5, 5.41) is 3.47. The van der Waals surface area contributed by atoms with Crippen molar-refractivity contribution >= 4 is 5.82 Å². The van der Waals surface area contributed by atoms with E-state index in [1.165, 1.54) is 11.1 Å². The summed E-state index contributed by atoms with van der Waals surface area (Å²) >= 11 is 0. The number of nitrogens with one attached hydrogen (secondary N) is 1. The van der Waals surface area contributed by atoms with Gasteiger partial charge in [-0.25, -0.2) is 4.98 Å². The number of rotatable bonds is 6. The van der Waals surface area contributed by atoms with Gasteiger partial charge >= 0.3 is 0 Å². The molecule has 0 unspecified atom stereocenters. The van der Waals surface area contributed by atoms with Gasteiger partial charge < -0.3 is 15.0 Å². The summed E-state index contributed by atoms with van der Waals surface area (Å²) in [6.07, 6.45) is 4.19. The number of aromatic nitrogens is 1. The first-order valence-electron chi connectivity index (χ1n) is 8.04. The molecule has 1 fully saturated rings. The molecule has 0 spiro atoms. The third kappa shape index (κ3) is 4.68. The summed E-state index contributed by atoms with van der Waals surface area (Å²) in [5.41, 5.74) is 2.52. The summed E-state index contributed by atoms with van der Waals surface area (Å²) in [7, 11) is 2.15. The van der Waals surface area contributed by atoms with Crippen LogP contribution in [0, 0.1) is 12.8 Å². The van der Waals surface area contributed by atoms with Gasteiger partial charge in [0.15, 0.2) is 0 Å². The molecule has 0 aromatic carbocycles. The molecule has 0 aliphatic carbocycles. The standard InChI is InChI=1S/C17H29N3O/c1-13(2)10-18-11-15-9-14(3)17(19-12-15)20(4)16-5-7-21-8-6-16/h9,12-13,16,18H,5-8,10-11H2,1-4H3. The highest BCUT2D eigenvalue weighted by atomic mass is 16.5. The molecule has 1 saturated heterocycles. The second-order valence-corrected chi connectivity index (χ2v) is 6.46. The lowest BCUT2D eigenvalue weighted by Crippen LogP contribution is -2.37. The van der Waals surface area contributed by atoms with E-state index in [4.69, 9.17) is 9.72 Å². The van der Waals surface area contributed by atoms with E-state index in [9.17, 15) is 0 Å². The van der Waals surface area contributed by atoms with E-state index < -0.39 is 0 Å². The van der Waals surface area contributed by atoms with E-state index in [1.54, 1.807) is 0 Å². The number of aryl methyl sites for hydroxylation is 1. The summed E-state index contributed by atoms with van der Waals surface area (Å²) in [6.45, 7) is 10.3. The highest BCUT2D eigenvalue weighted by Gasteiger charge is 2.20. The van der Waals surface area contributed by atoms with Crippen LogP contribution in [0.3, 0.4) is 0 Å². The van der Waals surface area contributed by atoms with Crippen LogP contribution in [0.4, 0.5) is 5.82 Å². The van der Waals surface area contributed by atoms with Crippen LogP contribution in [0.1, 0.15) is 37.8 Å². The molecule has 1 N–H and O–H groups in total. The number of hydrogen-bond acceptors (Lipinski definition) is 4. The van der Waals surface area contributed by atoms with Gasteiger partial charge in [-0.3, -0.25) is 0 Å². The van der Waals surface area contributed by atoms with E-state index in [1.807, 2.05) is 6.20 Å². The van der Waals surface area contributed by atoms with Crippen molar-refractivity contribution in [1.29, 1.82) is 0 Å². The Morgan fingerprint density at radius 2 is 2.10 bits per heavy atom. The molecule has 0 radical (unpaired) electrons. The second-order valence-electron chi connectivity index (χ2n) is 6.46. The van der Waals surface area contributed by atoms with E-state index >= 15 is 0 Å². The van der Waals surface area contributed by atoms with Gasteiger partial charge in [-0.2, -0.15) is 0 Å². The molecule has 0 amide bonds. The van der Waals surface area contributed by atoms with Crippen molar-refractivity contribution in [3.05, 3.63) is 23.4 Å². The first-order chi connectivity index (χ1) is 10.1.